The van der Waals surface area contributed by atoms with Crippen LogP contribution < -0.4 is 0 Å². The highest BCUT2D eigenvalue weighted by molar-refractivity contribution is 5.95. The van der Waals surface area contributed by atoms with Gasteiger partial charge in [0.1, 0.15) is 5.58 Å². The van der Waals surface area contributed by atoms with Crippen LogP contribution in [-0.4, -0.2) is 11.1 Å². The molecule has 0 atom stereocenters. The summed E-state index contributed by atoms with van der Waals surface area (Å²) >= 11 is 0. The first kappa shape index (κ1) is 11.3. The number of fused-ring (bicyclic) bond motifs is 2. The Kier molecular flexibility index (Phi) is 2.62. The number of aromatic carboxylic acids is 1. The van der Waals surface area contributed by atoms with Crippen molar-refractivity contribution in [2.45, 2.75) is 39.0 Å². The predicted molar refractivity (Wildman–Crippen MR) is 69.2 cm³/mol. The van der Waals surface area contributed by atoms with Gasteiger partial charge in [0.25, 0.3) is 0 Å². The monoisotopic (exact) mass is 244 g/mol. The third-order valence-electron chi connectivity index (χ3n) is 3.80. The Morgan fingerprint density at radius 1 is 1.28 bits per heavy atom. The lowest BCUT2D eigenvalue weighted by molar-refractivity contribution is 0.0663. The van der Waals surface area contributed by atoms with Gasteiger partial charge in [0, 0.05) is 10.9 Å². The van der Waals surface area contributed by atoms with E-state index in [1.807, 2.05) is 13.0 Å². The van der Waals surface area contributed by atoms with Crippen LogP contribution >= 0.6 is 0 Å². The molecule has 3 heteroatoms. The molecule has 1 N–H and O–H groups in total. The van der Waals surface area contributed by atoms with Crippen molar-refractivity contribution in [3.8, 4) is 0 Å². The molecule has 18 heavy (non-hydrogen) atoms. The normalized spacial score (nSPS) is 14.7. The van der Waals surface area contributed by atoms with E-state index in [0.717, 1.165) is 29.4 Å². The first-order chi connectivity index (χ1) is 8.70. The minimum atomic E-state index is -0.971. The van der Waals surface area contributed by atoms with Crippen LogP contribution in [0.2, 0.25) is 0 Å². The molecule has 1 aliphatic rings. The van der Waals surface area contributed by atoms with Gasteiger partial charge in [-0.3, -0.25) is 0 Å². The molecule has 1 aromatic carbocycles. The Morgan fingerprint density at radius 3 is 2.56 bits per heavy atom. The molecule has 94 valence electrons. The molecule has 0 unspecified atom stereocenters. The Hall–Kier alpha value is -1.77. The summed E-state index contributed by atoms with van der Waals surface area (Å²) in [5.41, 5.74) is 4.24. The number of carbonyl (C=O) groups is 1. The van der Waals surface area contributed by atoms with Crippen molar-refractivity contribution in [3.63, 3.8) is 0 Å². The molecular weight excluding hydrogens is 228 g/mol. The van der Waals surface area contributed by atoms with Gasteiger partial charge >= 0.3 is 5.97 Å². The highest BCUT2D eigenvalue weighted by Crippen LogP contribution is 2.32. The van der Waals surface area contributed by atoms with Crippen molar-refractivity contribution in [1.82, 2.24) is 0 Å². The fourth-order valence-electron chi connectivity index (χ4n) is 2.90. The van der Waals surface area contributed by atoms with Gasteiger partial charge in [-0.1, -0.05) is 6.92 Å². The predicted octanol–water partition coefficient (Wildman–Crippen LogP) is 3.57. The maximum Gasteiger partial charge on any atom is 0.372 e. The largest absolute Gasteiger partial charge is 0.475 e. The van der Waals surface area contributed by atoms with Gasteiger partial charge in [0.05, 0.1) is 0 Å². The second-order valence-corrected chi connectivity index (χ2v) is 4.89. The second kappa shape index (κ2) is 4.16. The molecule has 1 heterocycles. The topological polar surface area (TPSA) is 50.4 Å². The number of furan rings is 1. The van der Waals surface area contributed by atoms with E-state index in [1.54, 1.807) is 0 Å². The number of carboxylic acid groups (broad SMARTS) is 1. The van der Waals surface area contributed by atoms with Crippen LogP contribution in [0.15, 0.2) is 16.5 Å². The molecule has 3 nitrogen and oxygen atoms in total. The third kappa shape index (κ3) is 1.62. The first-order valence-corrected chi connectivity index (χ1v) is 6.51. The molecule has 0 saturated carbocycles. The van der Waals surface area contributed by atoms with Crippen molar-refractivity contribution in [1.29, 1.82) is 0 Å². The molecule has 0 spiro atoms. The molecule has 0 saturated heterocycles. The van der Waals surface area contributed by atoms with E-state index in [9.17, 15) is 4.79 Å². The number of benzene rings is 1. The zero-order valence-corrected chi connectivity index (χ0v) is 10.5. The molecule has 1 aromatic heterocycles. The molecule has 1 aliphatic carbocycles. The number of hydrogen-bond acceptors (Lipinski definition) is 2. The summed E-state index contributed by atoms with van der Waals surface area (Å²) in [5, 5.41) is 10.2. The number of rotatable bonds is 2. The van der Waals surface area contributed by atoms with Gasteiger partial charge in [0.2, 0.25) is 5.76 Å². The Balaban J connectivity index is 2.27. The maximum absolute atomic E-state index is 11.2. The number of carboxylic acids is 1. The lowest BCUT2D eigenvalue weighted by atomic mass is 9.90. The van der Waals surface area contributed by atoms with E-state index >= 15 is 0 Å². The van der Waals surface area contributed by atoms with Crippen LogP contribution in [0, 0.1) is 0 Å². The average molecular weight is 244 g/mol. The van der Waals surface area contributed by atoms with E-state index in [1.165, 1.54) is 24.0 Å². The lowest BCUT2D eigenvalue weighted by Gasteiger charge is -2.15. The van der Waals surface area contributed by atoms with Gasteiger partial charge in [0.15, 0.2) is 0 Å². The second-order valence-electron chi connectivity index (χ2n) is 4.89. The summed E-state index contributed by atoms with van der Waals surface area (Å²) in [6.45, 7) is 1.97. The minimum absolute atomic E-state index is 0.106. The summed E-state index contributed by atoms with van der Waals surface area (Å²) in [5.74, 6) is -0.865. The molecule has 3 rings (SSSR count). The molecule has 0 bridgehead atoms. The molecule has 0 aliphatic heterocycles. The van der Waals surface area contributed by atoms with E-state index in [-0.39, 0.29) is 5.76 Å². The van der Waals surface area contributed by atoms with Crippen molar-refractivity contribution < 1.29 is 14.3 Å². The summed E-state index contributed by atoms with van der Waals surface area (Å²) in [6, 6.07) is 4.17. The number of hydrogen-bond donors (Lipinski definition) is 1. The van der Waals surface area contributed by atoms with Crippen LogP contribution in [0.3, 0.4) is 0 Å². The van der Waals surface area contributed by atoms with Crippen molar-refractivity contribution >= 4 is 16.9 Å². The van der Waals surface area contributed by atoms with Gasteiger partial charge in [-0.05, 0) is 55.4 Å². The molecule has 0 radical (unpaired) electrons. The molecular formula is C15H16O3. The van der Waals surface area contributed by atoms with E-state index < -0.39 is 5.97 Å². The molecule has 0 fully saturated rings. The smallest absolute Gasteiger partial charge is 0.372 e. The van der Waals surface area contributed by atoms with Crippen molar-refractivity contribution in [3.05, 3.63) is 34.6 Å². The Bertz CT molecular complexity index is 622. The minimum Gasteiger partial charge on any atom is -0.475 e. The highest BCUT2D eigenvalue weighted by Gasteiger charge is 2.20. The fraction of sp³-hybridized carbons (Fsp3) is 0.400. The van der Waals surface area contributed by atoms with Crippen molar-refractivity contribution in [2.24, 2.45) is 0 Å². The van der Waals surface area contributed by atoms with Crippen LogP contribution in [0.1, 0.15) is 47.0 Å². The fourth-order valence-corrected chi connectivity index (χ4v) is 2.90. The van der Waals surface area contributed by atoms with Gasteiger partial charge in [-0.15, -0.1) is 0 Å². The molecule has 0 amide bonds. The molecule has 2 aromatic rings. The van der Waals surface area contributed by atoms with Gasteiger partial charge in [-0.2, -0.15) is 0 Å². The highest BCUT2D eigenvalue weighted by atomic mass is 16.4. The Labute approximate surface area is 105 Å². The summed E-state index contributed by atoms with van der Waals surface area (Å²) in [4.78, 5) is 11.2. The van der Waals surface area contributed by atoms with E-state index in [4.69, 9.17) is 9.52 Å². The zero-order chi connectivity index (χ0) is 12.7. The van der Waals surface area contributed by atoms with Crippen LogP contribution in [0.5, 0.6) is 0 Å². The van der Waals surface area contributed by atoms with Gasteiger partial charge < -0.3 is 9.52 Å². The van der Waals surface area contributed by atoms with E-state index in [0.29, 0.717) is 6.42 Å². The Morgan fingerprint density at radius 2 is 1.94 bits per heavy atom. The first-order valence-electron chi connectivity index (χ1n) is 6.51. The SMILES string of the molecule is CCc1c(C(=O)O)oc2cc3c(cc12)CCCC3. The van der Waals surface area contributed by atoms with Crippen molar-refractivity contribution in [2.75, 3.05) is 0 Å². The summed E-state index contributed by atoms with van der Waals surface area (Å²) in [7, 11) is 0. The summed E-state index contributed by atoms with van der Waals surface area (Å²) in [6.07, 6.45) is 5.31. The third-order valence-corrected chi connectivity index (χ3v) is 3.80. The number of aryl methyl sites for hydroxylation is 3. The summed E-state index contributed by atoms with van der Waals surface area (Å²) < 4.78 is 5.52. The van der Waals surface area contributed by atoms with Crippen LogP contribution in [0.4, 0.5) is 0 Å². The van der Waals surface area contributed by atoms with Crippen LogP contribution in [-0.2, 0) is 19.3 Å². The maximum atomic E-state index is 11.2. The lowest BCUT2D eigenvalue weighted by Crippen LogP contribution is -2.02. The zero-order valence-electron chi connectivity index (χ0n) is 10.5. The van der Waals surface area contributed by atoms with E-state index in [2.05, 4.69) is 6.07 Å². The van der Waals surface area contributed by atoms with Crippen LogP contribution in [0.25, 0.3) is 11.0 Å². The average Bonchev–Trinajstić information content (AvgIpc) is 2.73. The standard InChI is InChI=1S/C15H16O3/c1-2-11-12-7-9-5-3-4-6-10(9)8-13(12)18-14(11)15(16)17/h7-8H,2-6H2,1H3,(H,16,17). The van der Waals surface area contributed by atoms with Gasteiger partial charge in [-0.25, -0.2) is 4.79 Å². The quantitative estimate of drug-likeness (QED) is 0.878.